The molecule has 2 aromatic rings. The fourth-order valence-corrected chi connectivity index (χ4v) is 2.15. The average molecular weight is 251 g/mol. The highest BCUT2D eigenvalue weighted by atomic mass is 32.1. The number of aryl methyl sites for hydroxylation is 1. The maximum atomic E-state index is 11.9. The number of hydrogen-bond donors (Lipinski definition) is 1. The Morgan fingerprint density at radius 2 is 2.41 bits per heavy atom. The van der Waals surface area contributed by atoms with Gasteiger partial charge < -0.3 is 5.73 Å². The molecular weight excluding hydrogens is 238 g/mol. The second-order valence-corrected chi connectivity index (χ2v) is 4.58. The summed E-state index contributed by atoms with van der Waals surface area (Å²) in [4.78, 5) is 16.1. The van der Waals surface area contributed by atoms with Crippen molar-refractivity contribution in [3.05, 3.63) is 28.0 Å². The van der Waals surface area contributed by atoms with Crippen molar-refractivity contribution in [2.75, 3.05) is 6.54 Å². The van der Waals surface area contributed by atoms with Crippen LogP contribution in [-0.4, -0.2) is 32.3 Å². The topological polar surface area (TPSA) is 86.7 Å². The van der Waals surface area contributed by atoms with E-state index >= 15 is 0 Å². The lowest BCUT2D eigenvalue weighted by Crippen LogP contribution is -2.10. The number of hydrogen-bond acceptors (Lipinski definition) is 6. The monoisotopic (exact) mass is 251 g/mol. The lowest BCUT2D eigenvalue weighted by atomic mass is 10.2. The van der Waals surface area contributed by atoms with Gasteiger partial charge in [-0.15, -0.1) is 16.4 Å². The molecule has 0 aromatic carbocycles. The highest BCUT2D eigenvalue weighted by molar-refractivity contribution is 7.09. The van der Waals surface area contributed by atoms with Crippen molar-refractivity contribution in [1.82, 2.24) is 20.0 Å². The summed E-state index contributed by atoms with van der Waals surface area (Å²) in [5, 5.41) is 10.4. The van der Waals surface area contributed by atoms with Crippen molar-refractivity contribution in [1.29, 1.82) is 0 Å². The molecule has 0 unspecified atom stereocenters. The SMILES string of the molecule is Cc1csc(CC(=O)c2cn(CCN)nn2)n1. The molecule has 0 fully saturated rings. The Morgan fingerprint density at radius 3 is 3.06 bits per heavy atom. The molecule has 0 atom stereocenters. The summed E-state index contributed by atoms with van der Waals surface area (Å²) in [6.45, 7) is 2.95. The first-order valence-corrected chi connectivity index (χ1v) is 6.11. The van der Waals surface area contributed by atoms with E-state index < -0.39 is 0 Å². The first-order chi connectivity index (χ1) is 8.19. The molecule has 0 amide bonds. The minimum Gasteiger partial charge on any atom is -0.329 e. The predicted octanol–water partition coefficient (Wildman–Crippen LogP) is 0.427. The Morgan fingerprint density at radius 1 is 1.59 bits per heavy atom. The van der Waals surface area contributed by atoms with Crippen molar-refractivity contribution >= 4 is 17.1 Å². The van der Waals surface area contributed by atoms with Gasteiger partial charge in [0.05, 0.1) is 19.2 Å². The summed E-state index contributed by atoms with van der Waals surface area (Å²) < 4.78 is 1.57. The van der Waals surface area contributed by atoms with E-state index in [1.807, 2.05) is 12.3 Å². The van der Waals surface area contributed by atoms with E-state index in [-0.39, 0.29) is 12.2 Å². The van der Waals surface area contributed by atoms with E-state index in [0.29, 0.717) is 18.8 Å². The largest absolute Gasteiger partial charge is 0.329 e. The van der Waals surface area contributed by atoms with Crippen LogP contribution in [-0.2, 0) is 13.0 Å². The summed E-state index contributed by atoms with van der Waals surface area (Å²) in [6, 6.07) is 0. The Hall–Kier alpha value is -1.60. The van der Waals surface area contributed by atoms with Crippen molar-refractivity contribution in [2.45, 2.75) is 19.9 Å². The van der Waals surface area contributed by atoms with E-state index in [4.69, 9.17) is 5.73 Å². The van der Waals surface area contributed by atoms with Gasteiger partial charge in [-0.1, -0.05) is 5.21 Å². The highest BCUT2D eigenvalue weighted by Crippen LogP contribution is 2.11. The van der Waals surface area contributed by atoms with E-state index in [2.05, 4.69) is 15.3 Å². The molecule has 2 heterocycles. The fourth-order valence-electron chi connectivity index (χ4n) is 1.38. The van der Waals surface area contributed by atoms with Crippen LogP contribution in [0.1, 0.15) is 21.2 Å². The second kappa shape index (κ2) is 5.15. The van der Waals surface area contributed by atoms with Gasteiger partial charge in [0.1, 0.15) is 10.7 Å². The first-order valence-electron chi connectivity index (χ1n) is 5.23. The second-order valence-electron chi connectivity index (χ2n) is 3.64. The highest BCUT2D eigenvalue weighted by Gasteiger charge is 2.13. The number of rotatable bonds is 5. The van der Waals surface area contributed by atoms with Gasteiger partial charge in [-0.3, -0.25) is 9.48 Å². The van der Waals surface area contributed by atoms with Crippen LogP contribution < -0.4 is 5.73 Å². The average Bonchev–Trinajstić information content (AvgIpc) is 2.88. The Bertz CT molecular complexity index is 518. The number of nitrogens with two attached hydrogens (primary N) is 1. The molecule has 0 aliphatic heterocycles. The quantitative estimate of drug-likeness (QED) is 0.778. The van der Waals surface area contributed by atoms with Gasteiger partial charge in [0.15, 0.2) is 5.78 Å². The molecule has 17 heavy (non-hydrogen) atoms. The molecule has 0 aliphatic rings. The van der Waals surface area contributed by atoms with Crippen molar-refractivity contribution < 1.29 is 4.79 Å². The maximum absolute atomic E-state index is 11.9. The zero-order valence-electron chi connectivity index (χ0n) is 9.46. The predicted molar refractivity (Wildman–Crippen MR) is 64.0 cm³/mol. The van der Waals surface area contributed by atoms with Crippen LogP contribution in [0.15, 0.2) is 11.6 Å². The van der Waals surface area contributed by atoms with Gasteiger partial charge in [-0.05, 0) is 6.92 Å². The van der Waals surface area contributed by atoms with Gasteiger partial charge in [-0.25, -0.2) is 4.98 Å². The van der Waals surface area contributed by atoms with Crippen molar-refractivity contribution in [3.63, 3.8) is 0 Å². The zero-order chi connectivity index (χ0) is 12.3. The molecule has 0 bridgehead atoms. The Balaban J connectivity index is 2.03. The maximum Gasteiger partial charge on any atom is 0.191 e. The van der Waals surface area contributed by atoms with Crippen molar-refractivity contribution in [3.8, 4) is 0 Å². The number of ketones is 1. The third-order valence-electron chi connectivity index (χ3n) is 2.16. The number of Topliss-reactive ketones (excluding diaryl/α,β-unsaturated/α-hetero) is 1. The number of carbonyl (C=O) groups is 1. The lowest BCUT2D eigenvalue weighted by molar-refractivity contribution is 0.0988. The van der Waals surface area contributed by atoms with Crippen LogP contribution >= 0.6 is 11.3 Å². The summed E-state index contributed by atoms with van der Waals surface area (Å²) in [7, 11) is 0. The third-order valence-corrected chi connectivity index (χ3v) is 3.13. The molecule has 2 rings (SSSR count). The molecule has 2 aromatic heterocycles. The van der Waals surface area contributed by atoms with Gasteiger partial charge >= 0.3 is 0 Å². The van der Waals surface area contributed by atoms with Crippen LogP contribution in [0, 0.1) is 6.92 Å². The Kier molecular flexibility index (Phi) is 3.60. The van der Waals surface area contributed by atoms with Crippen LogP contribution in [0.5, 0.6) is 0 Å². The molecule has 0 saturated carbocycles. The zero-order valence-corrected chi connectivity index (χ0v) is 10.3. The third kappa shape index (κ3) is 2.95. The minimum atomic E-state index is -0.0670. The number of carbonyl (C=O) groups excluding carboxylic acids is 1. The lowest BCUT2D eigenvalue weighted by Gasteiger charge is -1.93. The van der Waals surface area contributed by atoms with E-state index in [1.54, 1.807) is 10.9 Å². The van der Waals surface area contributed by atoms with Crippen molar-refractivity contribution in [2.24, 2.45) is 5.73 Å². The van der Waals surface area contributed by atoms with E-state index in [0.717, 1.165) is 10.7 Å². The van der Waals surface area contributed by atoms with Crippen LogP contribution in [0.2, 0.25) is 0 Å². The molecule has 2 N–H and O–H groups in total. The summed E-state index contributed by atoms with van der Waals surface area (Å²) in [5.41, 5.74) is 6.69. The summed E-state index contributed by atoms with van der Waals surface area (Å²) >= 11 is 1.48. The van der Waals surface area contributed by atoms with E-state index in [1.165, 1.54) is 11.3 Å². The summed E-state index contributed by atoms with van der Waals surface area (Å²) in [5.74, 6) is -0.0670. The fraction of sp³-hybridized carbons (Fsp3) is 0.400. The summed E-state index contributed by atoms with van der Waals surface area (Å²) in [6.07, 6.45) is 1.90. The van der Waals surface area contributed by atoms with Gasteiger partial charge in [0, 0.05) is 17.6 Å². The molecule has 90 valence electrons. The standard InChI is InChI=1S/C10H13N5OS/c1-7-6-17-10(12-7)4-9(16)8-5-15(3-2-11)14-13-8/h5-6H,2-4,11H2,1H3. The molecule has 0 aliphatic carbocycles. The van der Waals surface area contributed by atoms with Crippen LogP contribution in [0.4, 0.5) is 0 Å². The smallest absolute Gasteiger partial charge is 0.191 e. The molecule has 0 saturated heterocycles. The Labute approximate surface area is 102 Å². The van der Waals surface area contributed by atoms with Crippen LogP contribution in [0.3, 0.4) is 0 Å². The van der Waals surface area contributed by atoms with Gasteiger partial charge in [-0.2, -0.15) is 0 Å². The first kappa shape index (κ1) is 11.9. The van der Waals surface area contributed by atoms with Gasteiger partial charge in [0.2, 0.25) is 0 Å². The molecular formula is C10H13N5OS. The number of thiazole rings is 1. The molecule has 0 spiro atoms. The van der Waals surface area contributed by atoms with Gasteiger partial charge in [0.25, 0.3) is 0 Å². The molecule has 7 heteroatoms. The normalized spacial score (nSPS) is 10.7. The molecule has 6 nitrogen and oxygen atoms in total. The number of nitrogens with zero attached hydrogens (tertiary/aromatic N) is 4. The van der Waals surface area contributed by atoms with Crippen LogP contribution in [0.25, 0.3) is 0 Å². The van der Waals surface area contributed by atoms with E-state index in [9.17, 15) is 4.79 Å². The molecule has 0 radical (unpaired) electrons. The number of aromatic nitrogens is 4. The minimum absolute atomic E-state index is 0.0670.